The fraction of sp³-hybridized carbons (Fsp3) is 0.348. The van der Waals surface area contributed by atoms with Gasteiger partial charge in [0.05, 0.1) is 17.4 Å². The summed E-state index contributed by atoms with van der Waals surface area (Å²) in [6.45, 7) is 4.59. The number of rotatable bonds is 4. The summed E-state index contributed by atoms with van der Waals surface area (Å²) in [5, 5.41) is 0. The number of benzene rings is 2. The Morgan fingerprint density at radius 3 is 2.59 bits per heavy atom. The highest BCUT2D eigenvalue weighted by molar-refractivity contribution is 5.97. The Labute approximate surface area is 170 Å². The lowest BCUT2D eigenvalue weighted by molar-refractivity contribution is -0.131. The van der Waals surface area contributed by atoms with E-state index >= 15 is 0 Å². The molecular weight excluding hydrogens is 364 g/mol. The average Bonchev–Trinajstić information content (AvgIpc) is 3.07. The van der Waals surface area contributed by atoms with E-state index < -0.39 is 0 Å². The van der Waals surface area contributed by atoms with Crippen molar-refractivity contribution in [3.8, 4) is 0 Å². The highest BCUT2D eigenvalue weighted by Crippen LogP contribution is 2.15. The van der Waals surface area contributed by atoms with Crippen LogP contribution in [0, 0.1) is 6.92 Å². The number of fused-ring (bicyclic) bond motifs is 1. The van der Waals surface area contributed by atoms with Gasteiger partial charge in [-0.1, -0.05) is 29.8 Å². The second kappa shape index (κ2) is 8.47. The largest absolute Gasteiger partial charge is 0.345 e. The first-order valence-electron chi connectivity index (χ1n) is 10.2. The molecule has 29 heavy (non-hydrogen) atoms. The number of carbonyl (C=O) groups excluding carboxylic acids is 2. The zero-order valence-electron chi connectivity index (χ0n) is 16.7. The maximum atomic E-state index is 12.9. The minimum Gasteiger partial charge on any atom is -0.345 e. The van der Waals surface area contributed by atoms with Gasteiger partial charge in [-0.2, -0.15) is 0 Å². The predicted molar refractivity (Wildman–Crippen MR) is 113 cm³/mol. The zero-order valence-corrected chi connectivity index (χ0v) is 16.7. The molecule has 0 unspecified atom stereocenters. The monoisotopic (exact) mass is 390 g/mol. The molecule has 0 spiro atoms. The van der Waals surface area contributed by atoms with Crippen molar-refractivity contribution in [2.75, 3.05) is 26.2 Å². The Morgan fingerprint density at radius 2 is 1.76 bits per heavy atom. The number of aromatic nitrogens is 2. The van der Waals surface area contributed by atoms with Crippen molar-refractivity contribution in [2.45, 2.75) is 26.2 Å². The van der Waals surface area contributed by atoms with Gasteiger partial charge in [-0.15, -0.1) is 0 Å². The van der Waals surface area contributed by atoms with Crippen LogP contribution in [0.5, 0.6) is 0 Å². The lowest BCUT2D eigenvalue weighted by Gasteiger charge is -2.22. The SMILES string of the molecule is Cc1ccc(CCC(=O)N2CCCN(C(=O)c3ccc4nc[nH]c4c3)CC2)cc1. The summed E-state index contributed by atoms with van der Waals surface area (Å²) < 4.78 is 0. The molecule has 0 atom stereocenters. The average molecular weight is 390 g/mol. The summed E-state index contributed by atoms with van der Waals surface area (Å²) in [4.78, 5) is 36.6. The molecule has 0 aliphatic carbocycles. The molecule has 1 aliphatic rings. The van der Waals surface area contributed by atoms with Crippen LogP contribution >= 0.6 is 0 Å². The van der Waals surface area contributed by atoms with Gasteiger partial charge < -0.3 is 14.8 Å². The van der Waals surface area contributed by atoms with E-state index in [0.717, 1.165) is 23.9 Å². The van der Waals surface area contributed by atoms with Crippen molar-refractivity contribution < 1.29 is 9.59 Å². The van der Waals surface area contributed by atoms with Crippen LogP contribution in [0.25, 0.3) is 11.0 Å². The Balaban J connectivity index is 1.33. The molecule has 3 aromatic rings. The summed E-state index contributed by atoms with van der Waals surface area (Å²) in [6, 6.07) is 13.9. The van der Waals surface area contributed by atoms with Gasteiger partial charge >= 0.3 is 0 Å². The van der Waals surface area contributed by atoms with Crippen LogP contribution in [0.1, 0.15) is 34.3 Å². The van der Waals surface area contributed by atoms with E-state index in [1.165, 1.54) is 11.1 Å². The fourth-order valence-electron chi connectivity index (χ4n) is 3.79. The number of nitrogens with zero attached hydrogens (tertiary/aromatic N) is 3. The molecule has 0 radical (unpaired) electrons. The van der Waals surface area contributed by atoms with E-state index in [9.17, 15) is 9.59 Å². The molecule has 1 N–H and O–H groups in total. The second-order valence-corrected chi connectivity index (χ2v) is 7.65. The van der Waals surface area contributed by atoms with E-state index in [0.29, 0.717) is 38.2 Å². The van der Waals surface area contributed by atoms with Crippen molar-refractivity contribution >= 4 is 22.8 Å². The molecule has 4 rings (SSSR count). The molecule has 2 amide bonds. The highest BCUT2D eigenvalue weighted by Gasteiger charge is 2.23. The molecule has 6 nitrogen and oxygen atoms in total. The van der Waals surface area contributed by atoms with Crippen molar-refractivity contribution in [1.82, 2.24) is 19.8 Å². The Bertz CT molecular complexity index is 1010. The third kappa shape index (κ3) is 4.47. The first-order valence-corrected chi connectivity index (χ1v) is 10.2. The number of aryl methyl sites for hydroxylation is 2. The third-order valence-corrected chi connectivity index (χ3v) is 5.55. The van der Waals surface area contributed by atoms with Crippen LogP contribution in [-0.2, 0) is 11.2 Å². The van der Waals surface area contributed by atoms with Crippen molar-refractivity contribution in [3.05, 3.63) is 65.5 Å². The molecule has 6 heteroatoms. The molecule has 0 saturated carbocycles. The van der Waals surface area contributed by atoms with E-state index in [-0.39, 0.29) is 11.8 Å². The van der Waals surface area contributed by atoms with Crippen LogP contribution in [-0.4, -0.2) is 57.8 Å². The molecule has 1 fully saturated rings. The molecular formula is C23H26N4O2. The summed E-state index contributed by atoms with van der Waals surface area (Å²) >= 11 is 0. The van der Waals surface area contributed by atoms with Crippen LogP contribution in [0.4, 0.5) is 0 Å². The number of imidazole rings is 1. The number of hydrogen-bond acceptors (Lipinski definition) is 3. The first-order chi connectivity index (χ1) is 14.1. The standard InChI is InChI=1S/C23H26N4O2/c1-17-3-5-18(6-4-17)7-10-22(28)26-11-2-12-27(14-13-26)23(29)19-8-9-20-21(15-19)25-16-24-20/h3-6,8-9,15-16H,2,7,10-14H2,1H3,(H,24,25). The van der Waals surface area contributed by atoms with Gasteiger partial charge in [0.2, 0.25) is 5.91 Å². The molecule has 1 aliphatic heterocycles. The molecule has 150 valence electrons. The highest BCUT2D eigenvalue weighted by atomic mass is 16.2. The van der Waals surface area contributed by atoms with E-state index in [1.54, 1.807) is 6.33 Å². The van der Waals surface area contributed by atoms with Crippen LogP contribution in [0.2, 0.25) is 0 Å². The lowest BCUT2D eigenvalue weighted by atomic mass is 10.1. The van der Waals surface area contributed by atoms with E-state index in [4.69, 9.17) is 0 Å². The maximum absolute atomic E-state index is 12.9. The van der Waals surface area contributed by atoms with Crippen molar-refractivity contribution in [3.63, 3.8) is 0 Å². The minimum atomic E-state index is 0.00968. The normalized spacial score (nSPS) is 14.8. The van der Waals surface area contributed by atoms with Crippen molar-refractivity contribution in [1.29, 1.82) is 0 Å². The minimum absolute atomic E-state index is 0.00968. The Morgan fingerprint density at radius 1 is 1.00 bits per heavy atom. The maximum Gasteiger partial charge on any atom is 0.253 e. The number of aromatic amines is 1. The topological polar surface area (TPSA) is 69.3 Å². The Kier molecular flexibility index (Phi) is 5.60. The number of H-pyrrole nitrogens is 1. The zero-order chi connectivity index (χ0) is 20.2. The number of nitrogens with one attached hydrogen (secondary N) is 1. The summed E-state index contributed by atoms with van der Waals surface area (Å²) in [5.41, 5.74) is 4.77. The van der Waals surface area contributed by atoms with Gasteiger partial charge in [0.25, 0.3) is 5.91 Å². The smallest absolute Gasteiger partial charge is 0.253 e. The van der Waals surface area contributed by atoms with Gasteiger partial charge in [0, 0.05) is 38.2 Å². The lowest BCUT2D eigenvalue weighted by Crippen LogP contribution is -2.37. The quantitative estimate of drug-likeness (QED) is 0.744. The Hall–Kier alpha value is -3.15. The van der Waals surface area contributed by atoms with Crippen LogP contribution in [0.3, 0.4) is 0 Å². The van der Waals surface area contributed by atoms with Gasteiger partial charge in [-0.3, -0.25) is 9.59 Å². The van der Waals surface area contributed by atoms with E-state index in [1.807, 2.05) is 28.0 Å². The van der Waals surface area contributed by atoms with Gasteiger partial charge in [0.15, 0.2) is 0 Å². The number of carbonyl (C=O) groups is 2. The summed E-state index contributed by atoms with van der Waals surface area (Å²) in [5.74, 6) is 0.175. The van der Waals surface area contributed by atoms with Gasteiger partial charge in [-0.05, 0) is 43.5 Å². The third-order valence-electron chi connectivity index (χ3n) is 5.55. The van der Waals surface area contributed by atoms with E-state index in [2.05, 4.69) is 41.2 Å². The number of amides is 2. The van der Waals surface area contributed by atoms with Gasteiger partial charge in [0.1, 0.15) is 0 Å². The predicted octanol–water partition coefficient (Wildman–Crippen LogP) is 3.18. The van der Waals surface area contributed by atoms with Crippen molar-refractivity contribution in [2.24, 2.45) is 0 Å². The molecule has 0 bridgehead atoms. The summed E-state index contributed by atoms with van der Waals surface area (Å²) in [7, 11) is 0. The summed E-state index contributed by atoms with van der Waals surface area (Å²) in [6.07, 6.45) is 3.69. The molecule has 1 saturated heterocycles. The van der Waals surface area contributed by atoms with Crippen LogP contribution in [0.15, 0.2) is 48.8 Å². The molecule has 1 aromatic heterocycles. The first kappa shape index (κ1) is 19.2. The number of hydrogen-bond donors (Lipinski definition) is 1. The molecule has 2 aromatic carbocycles. The van der Waals surface area contributed by atoms with Crippen LogP contribution < -0.4 is 0 Å². The molecule has 2 heterocycles. The fourth-order valence-corrected chi connectivity index (χ4v) is 3.79. The van der Waals surface area contributed by atoms with Gasteiger partial charge in [-0.25, -0.2) is 4.98 Å². The second-order valence-electron chi connectivity index (χ2n) is 7.65.